The van der Waals surface area contributed by atoms with E-state index in [0.717, 1.165) is 50.6 Å². The van der Waals surface area contributed by atoms with Gasteiger partial charge in [0.2, 0.25) is 0 Å². The van der Waals surface area contributed by atoms with Crippen molar-refractivity contribution < 1.29 is 35.9 Å². The Kier molecular flexibility index (Phi) is 11.0. The summed E-state index contributed by atoms with van der Waals surface area (Å²) in [6.45, 7) is -1.91. The predicted octanol–water partition coefficient (Wildman–Crippen LogP) is 6.21. The third-order valence-electron chi connectivity index (χ3n) is 4.37. The van der Waals surface area contributed by atoms with Crippen LogP contribution in [0.3, 0.4) is 0 Å². The van der Waals surface area contributed by atoms with Gasteiger partial charge in [-0.15, -0.1) is 0 Å². The topological polar surface area (TPSA) is 39.2 Å². The van der Waals surface area contributed by atoms with E-state index in [2.05, 4.69) is 9.72 Å². The van der Waals surface area contributed by atoms with E-state index in [0.29, 0.717) is 12.8 Å². The molecule has 0 aliphatic rings. The Morgan fingerprint density at radius 1 is 0.931 bits per heavy atom. The van der Waals surface area contributed by atoms with E-state index in [1.165, 1.54) is 0 Å². The number of carbonyl (C=O) groups is 1. The fourth-order valence-electron chi connectivity index (χ4n) is 2.74. The Morgan fingerprint density at radius 3 is 2.07 bits per heavy atom. The average Bonchev–Trinajstić information content (AvgIpc) is 2.67. The van der Waals surface area contributed by atoms with Crippen LogP contribution in [0.5, 0.6) is 0 Å². The zero-order valence-electron chi connectivity index (χ0n) is 16.2. The van der Waals surface area contributed by atoms with Crippen molar-refractivity contribution >= 4 is 5.97 Å². The summed E-state index contributed by atoms with van der Waals surface area (Å²) in [6.07, 6.45) is -0.269. The van der Waals surface area contributed by atoms with Crippen LogP contribution in [0, 0.1) is 0 Å². The summed E-state index contributed by atoms with van der Waals surface area (Å²) in [6, 6.07) is 5.84. The molecule has 1 rings (SSSR count). The molecule has 3 nitrogen and oxygen atoms in total. The molecule has 1 unspecified atom stereocenters. The molecule has 0 amide bonds. The molecule has 29 heavy (non-hydrogen) atoms. The maximum absolute atomic E-state index is 13.0. The third-order valence-corrected chi connectivity index (χ3v) is 4.37. The first-order valence-electron chi connectivity index (χ1n) is 9.77. The Labute approximate surface area is 166 Å². The largest absolute Gasteiger partial charge is 0.459 e. The van der Waals surface area contributed by atoms with Gasteiger partial charge in [0.05, 0.1) is 0 Å². The van der Waals surface area contributed by atoms with Gasteiger partial charge in [0.25, 0.3) is 6.17 Å². The Balaban J connectivity index is 1.98. The molecule has 0 spiro atoms. The van der Waals surface area contributed by atoms with E-state index in [1.807, 2.05) is 18.2 Å². The normalized spacial score (nSPS) is 13.3. The highest BCUT2D eigenvalue weighted by Crippen LogP contribution is 2.35. The molecule has 1 aromatic rings. The van der Waals surface area contributed by atoms with E-state index >= 15 is 0 Å². The number of pyridine rings is 1. The number of aryl methyl sites for hydroxylation is 1. The third kappa shape index (κ3) is 11.1. The number of esters is 1. The monoisotopic (exact) mass is 427 g/mol. The first-order valence-corrected chi connectivity index (χ1v) is 9.77. The smallest absolute Gasteiger partial charge is 0.425 e. The van der Waals surface area contributed by atoms with Crippen LogP contribution in [0.4, 0.5) is 26.3 Å². The fourth-order valence-corrected chi connectivity index (χ4v) is 2.74. The number of aromatic nitrogens is 1. The molecular weight excluding hydrogens is 400 g/mol. The molecule has 0 aliphatic heterocycles. The second kappa shape index (κ2) is 12.7. The van der Waals surface area contributed by atoms with Gasteiger partial charge in [-0.1, -0.05) is 44.6 Å². The first-order chi connectivity index (χ1) is 13.6. The molecular formula is C20H27F6NO2. The van der Waals surface area contributed by atoms with Crippen molar-refractivity contribution in [2.75, 3.05) is 6.61 Å². The summed E-state index contributed by atoms with van der Waals surface area (Å²) in [5.74, 6) is -5.83. The molecule has 9 heteroatoms. The Morgan fingerprint density at radius 2 is 1.52 bits per heavy atom. The molecule has 0 radical (unpaired) electrons. The lowest BCUT2D eigenvalue weighted by Crippen LogP contribution is -2.45. The number of unbranched alkanes of at least 4 members (excludes halogenated alkanes) is 7. The van der Waals surface area contributed by atoms with Gasteiger partial charge in [0.1, 0.15) is 0 Å². The molecule has 0 saturated carbocycles. The summed E-state index contributed by atoms with van der Waals surface area (Å²) < 4.78 is 78.7. The lowest BCUT2D eigenvalue weighted by atomic mass is 10.1. The molecule has 0 saturated heterocycles. The number of alkyl halides is 6. The first kappa shape index (κ1) is 25.2. The lowest BCUT2D eigenvalue weighted by molar-refractivity contribution is -0.254. The zero-order chi connectivity index (χ0) is 21.8. The lowest BCUT2D eigenvalue weighted by Gasteiger charge is -2.22. The van der Waals surface area contributed by atoms with Gasteiger partial charge >= 0.3 is 18.1 Å². The number of hydrogen-bond donors (Lipinski definition) is 0. The molecule has 1 aromatic heterocycles. The Hall–Kier alpha value is -1.80. The maximum Gasteiger partial charge on any atom is 0.425 e. The molecule has 1 heterocycles. The summed E-state index contributed by atoms with van der Waals surface area (Å²) in [4.78, 5) is 15.6. The van der Waals surface area contributed by atoms with Crippen molar-refractivity contribution in [3.8, 4) is 0 Å². The van der Waals surface area contributed by atoms with E-state index in [4.69, 9.17) is 0 Å². The second-order valence-corrected chi connectivity index (χ2v) is 6.98. The number of halogens is 6. The zero-order valence-corrected chi connectivity index (χ0v) is 16.2. The van der Waals surface area contributed by atoms with Crippen molar-refractivity contribution in [3.05, 3.63) is 30.1 Å². The minimum Gasteiger partial charge on any atom is -0.459 e. The Bertz CT molecular complexity index is 580. The standard InChI is InChI=1S/C20H27F6NO2/c21-18(20(24,25)26)19(22,23)15-29-17(28)13-8-6-4-2-1-3-5-7-11-16-12-9-10-14-27-16/h9-10,12,14,18H,1-8,11,13,15H2. The van der Waals surface area contributed by atoms with Crippen LogP contribution in [0.15, 0.2) is 24.4 Å². The van der Waals surface area contributed by atoms with E-state index in [-0.39, 0.29) is 6.42 Å². The van der Waals surface area contributed by atoms with Gasteiger partial charge in [0.15, 0.2) is 6.61 Å². The minimum absolute atomic E-state index is 0.177. The van der Waals surface area contributed by atoms with Crippen LogP contribution in [-0.2, 0) is 16.0 Å². The van der Waals surface area contributed by atoms with Gasteiger partial charge in [-0.25, -0.2) is 4.39 Å². The number of rotatable bonds is 14. The van der Waals surface area contributed by atoms with Crippen LogP contribution in [0.2, 0.25) is 0 Å². The molecule has 166 valence electrons. The SMILES string of the molecule is O=C(CCCCCCCCCCc1ccccn1)OCC(F)(F)C(F)C(F)(F)F. The highest BCUT2D eigenvalue weighted by molar-refractivity contribution is 5.69. The summed E-state index contributed by atoms with van der Waals surface area (Å²) in [5.41, 5.74) is 1.08. The summed E-state index contributed by atoms with van der Waals surface area (Å²) in [5, 5.41) is 0. The number of carbonyl (C=O) groups excluding carboxylic acids is 1. The maximum atomic E-state index is 13.0. The van der Waals surface area contributed by atoms with Crippen molar-refractivity contribution in [3.63, 3.8) is 0 Å². The summed E-state index contributed by atoms with van der Waals surface area (Å²) in [7, 11) is 0. The van der Waals surface area contributed by atoms with E-state index in [1.54, 1.807) is 6.20 Å². The second-order valence-electron chi connectivity index (χ2n) is 6.98. The van der Waals surface area contributed by atoms with Gasteiger partial charge in [-0.3, -0.25) is 9.78 Å². The average molecular weight is 427 g/mol. The van der Waals surface area contributed by atoms with Gasteiger partial charge in [0, 0.05) is 18.3 Å². The van der Waals surface area contributed by atoms with Gasteiger partial charge in [-0.05, 0) is 31.4 Å². The van der Waals surface area contributed by atoms with Crippen LogP contribution in [0.1, 0.15) is 63.5 Å². The number of nitrogens with zero attached hydrogens (tertiary/aromatic N) is 1. The molecule has 1 atom stereocenters. The molecule has 0 bridgehead atoms. The van der Waals surface area contributed by atoms with Crippen molar-refractivity contribution in [2.24, 2.45) is 0 Å². The van der Waals surface area contributed by atoms with Crippen LogP contribution in [0.25, 0.3) is 0 Å². The van der Waals surface area contributed by atoms with Crippen molar-refractivity contribution in [2.45, 2.75) is 82.5 Å². The summed E-state index contributed by atoms with van der Waals surface area (Å²) >= 11 is 0. The molecule has 0 N–H and O–H groups in total. The fraction of sp³-hybridized carbons (Fsp3) is 0.700. The molecule has 0 fully saturated rings. The van der Waals surface area contributed by atoms with Gasteiger partial charge in [-0.2, -0.15) is 22.0 Å². The van der Waals surface area contributed by atoms with Crippen molar-refractivity contribution in [1.82, 2.24) is 4.98 Å². The quantitative estimate of drug-likeness (QED) is 0.201. The number of ether oxygens (including phenoxy) is 1. The van der Waals surface area contributed by atoms with Crippen molar-refractivity contribution in [1.29, 1.82) is 0 Å². The van der Waals surface area contributed by atoms with Crippen LogP contribution in [-0.4, -0.2) is 35.8 Å². The van der Waals surface area contributed by atoms with Crippen LogP contribution < -0.4 is 0 Å². The predicted molar refractivity (Wildman–Crippen MR) is 96.4 cm³/mol. The highest BCUT2D eigenvalue weighted by Gasteiger charge is 2.57. The number of hydrogen-bond acceptors (Lipinski definition) is 3. The molecule has 0 aliphatic carbocycles. The van der Waals surface area contributed by atoms with E-state index < -0.39 is 30.8 Å². The van der Waals surface area contributed by atoms with Crippen LogP contribution >= 0.6 is 0 Å². The minimum atomic E-state index is -5.70. The van der Waals surface area contributed by atoms with Gasteiger partial charge < -0.3 is 4.74 Å². The highest BCUT2D eigenvalue weighted by atomic mass is 19.4. The van der Waals surface area contributed by atoms with E-state index in [9.17, 15) is 31.1 Å². The molecule has 0 aromatic carbocycles.